The van der Waals surface area contributed by atoms with Gasteiger partial charge in [0.25, 0.3) is 0 Å². The van der Waals surface area contributed by atoms with Crippen LogP contribution in [0.4, 0.5) is 0 Å². The van der Waals surface area contributed by atoms with Gasteiger partial charge in [-0.05, 0) is 19.3 Å². The quantitative estimate of drug-likeness (QED) is 0.551. The topological polar surface area (TPSA) is 35.5 Å². The standard InChI is InChI=1S/C19H26O3/c1-4-5-7-12-16(20)19(2,3)17-13-14-21-18(22-17)15-10-8-6-9-11-15/h4,6,8-11,17-18H,1,5,7,12-14H2,2-3H3/t17-,18?/m0/s1. The zero-order valence-corrected chi connectivity index (χ0v) is 13.6. The van der Waals surface area contributed by atoms with Gasteiger partial charge in [-0.3, -0.25) is 4.79 Å². The summed E-state index contributed by atoms with van der Waals surface area (Å²) in [6.07, 6.45) is 4.44. The fourth-order valence-corrected chi connectivity index (χ4v) is 2.76. The first-order valence-corrected chi connectivity index (χ1v) is 8.02. The number of ketones is 1. The molecule has 120 valence electrons. The van der Waals surface area contributed by atoms with E-state index in [0.29, 0.717) is 13.0 Å². The van der Waals surface area contributed by atoms with Gasteiger partial charge in [-0.15, -0.1) is 6.58 Å². The van der Waals surface area contributed by atoms with E-state index < -0.39 is 5.41 Å². The lowest BCUT2D eigenvalue weighted by atomic mass is 9.78. The highest BCUT2D eigenvalue weighted by Gasteiger charge is 2.40. The summed E-state index contributed by atoms with van der Waals surface area (Å²) in [7, 11) is 0. The smallest absolute Gasteiger partial charge is 0.184 e. The number of Topliss-reactive ketones (excluding diaryl/α,β-unsaturated/α-hetero) is 1. The van der Waals surface area contributed by atoms with Crippen molar-refractivity contribution in [3.63, 3.8) is 0 Å². The number of ether oxygens (including phenoxy) is 2. The Kier molecular flexibility index (Phi) is 5.92. The van der Waals surface area contributed by atoms with Crippen LogP contribution < -0.4 is 0 Å². The van der Waals surface area contributed by atoms with Crippen LogP contribution in [-0.4, -0.2) is 18.5 Å². The Morgan fingerprint density at radius 1 is 1.36 bits per heavy atom. The van der Waals surface area contributed by atoms with Crippen LogP contribution >= 0.6 is 0 Å². The van der Waals surface area contributed by atoms with Crippen LogP contribution in [-0.2, 0) is 14.3 Å². The van der Waals surface area contributed by atoms with Gasteiger partial charge in [0.2, 0.25) is 0 Å². The fraction of sp³-hybridized carbons (Fsp3) is 0.526. The Bertz CT molecular complexity index is 493. The molecule has 3 heteroatoms. The van der Waals surface area contributed by atoms with E-state index in [2.05, 4.69) is 6.58 Å². The van der Waals surface area contributed by atoms with E-state index in [1.165, 1.54) is 0 Å². The molecule has 22 heavy (non-hydrogen) atoms. The number of rotatable bonds is 7. The lowest BCUT2D eigenvalue weighted by molar-refractivity contribution is -0.238. The molecule has 0 spiro atoms. The monoisotopic (exact) mass is 302 g/mol. The molecule has 0 saturated carbocycles. The summed E-state index contributed by atoms with van der Waals surface area (Å²) in [4.78, 5) is 12.5. The molecule has 1 aromatic carbocycles. The van der Waals surface area contributed by atoms with Crippen LogP contribution in [0.3, 0.4) is 0 Å². The molecule has 0 N–H and O–H groups in total. The third kappa shape index (κ3) is 4.05. The lowest BCUT2D eigenvalue weighted by Crippen LogP contribution is -2.43. The average molecular weight is 302 g/mol. The number of unbranched alkanes of at least 4 members (excludes halogenated alkanes) is 1. The maximum Gasteiger partial charge on any atom is 0.184 e. The lowest BCUT2D eigenvalue weighted by Gasteiger charge is -2.39. The van der Waals surface area contributed by atoms with Crippen molar-refractivity contribution in [2.45, 2.75) is 51.9 Å². The van der Waals surface area contributed by atoms with E-state index in [-0.39, 0.29) is 18.2 Å². The third-order valence-corrected chi connectivity index (χ3v) is 4.34. The van der Waals surface area contributed by atoms with Gasteiger partial charge in [0.1, 0.15) is 5.78 Å². The van der Waals surface area contributed by atoms with E-state index in [0.717, 1.165) is 24.8 Å². The molecule has 0 aliphatic carbocycles. The molecule has 0 radical (unpaired) electrons. The molecule has 1 unspecified atom stereocenters. The second kappa shape index (κ2) is 7.70. The van der Waals surface area contributed by atoms with E-state index in [1.54, 1.807) is 0 Å². The summed E-state index contributed by atoms with van der Waals surface area (Å²) < 4.78 is 11.8. The highest BCUT2D eigenvalue weighted by atomic mass is 16.7. The summed E-state index contributed by atoms with van der Waals surface area (Å²) in [5, 5.41) is 0. The van der Waals surface area contributed by atoms with Crippen molar-refractivity contribution in [3.05, 3.63) is 48.6 Å². The van der Waals surface area contributed by atoms with E-state index >= 15 is 0 Å². The van der Waals surface area contributed by atoms with Crippen molar-refractivity contribution >= 4 is 5.78 Å². The SMILES string of the molecule is C=CCCCC(=O)C(C)(C)[C@@H]1CCOC(c2ccccc2)O1. The number of carbonyl (C=O) groups is 1. The van der Waals surface area contributed by atoms with Crippen LogP contribution in [0.1, 0.15) is 51.4 Å². The Labute approximate surface area is 133 Å². The molecule has 2 atom stereocenters. The van der Waals surface area contributed by atoms with Crippen molar-refractivity contribution in [1.29, 1.82) is 0 Å². The number of hydrogen-bond acceptors (Lipinski definition) is 3. The van der Waals surface area contributed by atoms with Crippen molar-refractivity contribution in [2.75, 3.05) is 6.61 Å². The molecular weight excluding hydrogens is 276 g/mol. The summed E-state index contributed by atoms with van der Waals surface area (Å²) in [6.45, 7) is 8.29. The van der Waals surface area contributed by atoms with E-state index in [1.807, 2.05) is 50.3 Å². The summed E-state index contributed by atoms with van der Waals surface area (Å²) in [5.74, 6) is 0.257. The maximum absolute atomic E-state index is 12.5. The molecule has 0 amide bonds. The zero-order valence-electron chi connectivity index (χ0n) is 13.6. The zero-order chi connectivity index (χ0) is 16.0. The molecule has 3 nitrogen and oxygen atoms in total. The molecule has 2 rings (SSSR count). The predicted molar refractivity (Wildman–Crippen MR) is 87.5 cm³/mol. The van der Waals surface area contributed by atoms with Gasteiger partial charge < -0.3 is 9.47 Å². The second-order valence-corrected chi connectivity index (χ2v) is 6.35. The number of benzene rings is 1. The molecule has 1 fully saturated rings. The molecule has 0 bridgehead atoms. The first kappa shape index (κ1) is 16.9. The summed E-state index contributed by atoms with van der Waals surface area (Å²) in [5.41, 5.74) is 0.514. The fourth-order valence-electron chi connectivity index (χ4n) is 2.76. The third-order valence-electron chi connectivity index (χ3n) is 4.34. The molecule has 1 aliphatic rings. The maximum atomic E-state index is 12.5. The average Bonchev–Trinajstić information content (AvgIpc) is 2.56. The number of hydrogen-bond donors (Lipinski definition) is 0. The molecular formula is C19H26O3. The van der Waals surface area contributed by atoms with Crippen molar-refractivity contribution in [3.8, 4) is 0 Å². The Balaban J connectivity index is 2.01. The Morgan fingerprint density at radius 3 is 2.77 bits per heavy atom. The van der Waals surface area contributed by atoms with Crippen LogP contribution in [0.15, 0.2) is 43.0 Å². The van der Waals surface area contributed by atoms with Gasteiger partial charge >= 0.3 is 0 Å². The highest BCUT2D eigenvalue weighted by Crippen LogP contribution is 2.36. The largest absolute Gasteiger partial charge is 0.348 e. The van der Waals surface area contributed by atoms with Gasteiger partial charge in [-0.1, -0.05) is 50.3 Å². The van der Waals surface area contributed by atoms with Crippen molar-refractivity contribution in [1.82, 2.24) is 0 Å². The summed E-state index contributed by atoms with van der Waals surface area (Å²) in [6, 6.07) is 9.89. The molecule has 0 aromatic heterocycles. The van der Waals surface area contributed by atoms with Crippen molar-refractivity contribution < 1.29 is 14.3 Å². The molecule has 1 saturated heterocycles. The highest BCUT2D eigenvalue weighted by molar-refractivity contribution is 5.84. The van der Waals surface area contributed by atoms with Gasteiger partial charge in [0.15, 0.2) is 6.29 Å². The van der Waals surface area contributed by atoms with Crippen LogP contribution in [0, 0.1) is 5.41 Å². The molecule has 1 aromatic rings. The van der Waals surface area contributed by atoms with E-state index in [9.17, 15) is 4.79 Å². The first-order chi connectivity index (χ1) is 10.6. The van der Waals surface area contributed by atoms with Gasteiger partial charge in [-0.2, -0.15) is 0 Å². The Hall–Kier alpha value is -1.45. The normalized spacial score (nSPS) is 22.3. The van der Waals surface area contributed by atoms with E-state index in [4.69, 9.17) is 9.47 Å². The van der Waals surface area contributed by atoms with Crippen molar-refractivity contribution in [2.24, 2.45) is 5.41 Å². The predicted octanol–water partition coefficient (Wildman–Crippen LogP) is 4.44. The van der Waals surface area contributed by atoms with Gasteiger partial charge in [-0.25, -0.2) is 0 Å². The molecule has 1 heterocycles. The Morgan fingerprint density at radius 2 is 2.09 bits per heavy atom. The van der Waals surface area contributed by atoms with Crippen LogP contribution in [0.5, 0.6) is 0 Å². The minimum absolute atomic E-state index is 0.109. The number of allylic oxidation sites excluding steroid dienone is 1. The van der Waals surface area contributed by atoms with Gasteiger partial charge in [0.05, 0.1) is 12.7 Å². The van der Waals surface area contributed by atoms with Crippen LogP contribution in [0.25, 0.3) is 0 Å². The summed E-state index contributed by atoms with van der Waals surface area (Å²) >= 11 is 0. The first-order valence-electron chi connectivity index (χ1n) is 8.02. The molecule has 1 aliphatic heterocycles. The minimum Gasteiger partial charge on any atom is -0.348 e. The second-order valence-electron chi connectivity index (χ2n) is 6.35. The van der Waals surface area contributed by atoms with Crippen LogP contribution in [0.2, 0.25) is 0 Å². The van der Waals surface area contributed by atoms with Gasteiger partial charge in [0, 0.05) is 17.4 Å². The minimum atomic E-state index is -0.488. The number of carbonyl (C=O) groups excluding carboxylic acids is 1.